The van der Waals surface area contributed by atoms with Crippen LogP contribution in [0.15, 0.2) is 40.2 Å². The molecule has 0 unspecified atom stereocenters. The Bertz CT molecular complexity index is 1440. The van der Waals surface area contributed by atoms with Crippen LogP contribution in [0.4, 0.5) is 11.5 Å². The molecule has 1 saturated heterocycles. The molecule has 0 bridgehead atoms. The van der Waals surface area contributed by atoms with E-state index in [1.54, 1.807) is 22.9 Å². The Morgan fingerprint density at radius 2 is 1.94 bits per heavy atom. The number of rotatable bonds is 7. The van der Waals surface area contributed by atoms with Crippen LogP contribution >= 0.6 is 0 Å². The molecule has 0 spiro atoms. The lowest BCUT2D eigenvalue weighted by Gasteiger charge is -2.29. The van der Waals surface area contributed by atoms with Crippen molar-refractivity contribution in [3.05, 3.63) is 46.4 Å². The molecule has 2 fully saturated rings. The number of carbonyl (C=O) groups excluding carboxylic acids is 1. The Morgan fingerprint density at radius 1 is 1.29 bits per heavy atom. The summed E-state index contributed by atoms with van der Waals surface area (Å²) in [4.78, 5) is 27.8. The van der Waals surface area contributed by atoms with Crippen LogP contribution in [0.2, 0.25) is 0 Å². The number of aromatic nitrogens is 3. The van der Waals surface area contributed by atoms with Crippen LogP contribution in [0.25, 0.3) is 10.9 Å². The van der Waals surface area contributed by atoms with Crippen LogP contribution < -0.4 is 10.9 Å². The zero-order valence-electron chi connectivity index (χ0n) is 19.4. The van der Waals surface area contributed by atoms with Gasteiger partial charge in [0.2, 0.25) is 10.0 Å². The summed E-state index contributed by atoms with van der Waals surface area (Å²) in [6.45, 7) is 3.11. The lowest BCUT2D eigenvalue weighted by atomic mass is 10.2. The smallest absolute Gasteiger partial charge is 0.341 e. The maximum atomic E-state index is 12.7. The van der Waals surface area contributed by atoms with Crippen LogP contribution in [0.3, 0.4) is 0 Å². The summed E-state index contributed by atoms with van der Waals surface area (Å²) in [7, 11) is -2.19. The average molecular weight is 499 g/mol. The second kappa shape index (κ2) is 9.89. The fourth-order valence-electron chi connectivity index (χ4n) is 3.78. The predicted octanol–water partition coefficient (Wildman–Crippen LogP) is 2.59. The largest absolute Gasteiger partial charge is 0.465 e. The number of nitrogens with one attached hydrogen (secondary N) is 2. The molecule has 1 aliphatic heterocycles. The number of sulfonamides is 1. The van der Waals surface area contributed by atoms with Gasteiger partial charge in [0.05, 0.1) is 23.6 Å². The SMILES string of the molecule is CC#N.COC(=O)c1c[nH]c(=O)c2c(Nc3ccc(S(=O)(=O)N4CCC4)cc3)nn(CC3CC3)c12. The third kappa shape index (κ3) is 4.91. The molecule has 1 aromatic carbocycles. The summed E-state index contributed by atoms with van der Waals surface area (Å²) in [5.74, 6) is 0.197. The molecule has 184 valence electrons. The van der Waals surface area contributed by atoms with Gasteiger partial charge in [-0.3, -0.25) is 9.48 Å². The van der Waals surface area contributed by atoms with Crippen LogP contribution in [0, 0.1) is 17.2 Å². The molecule has 1 saturated carbocycles. The number of aromatic amines is 1. The average Bonchev–Trinajstić information content (AvgIpc) is 3.54. The number of hydrogen-bond donors (Lipinski definition) is 2. The van der Waals surface area contributed by atoms with Gasteiger partial charge in [0.15, 0.2) is 5.82 Å². The highest BCUT2D eigenvalue weighted by atomic mass is 32.2. The van der Waals surface area contributed by atoms with Gasteiger partial charge in [-0.15, -0.1) is 0 Å². The van der Waals surface area contributed by atoms with Crippen molar-refractivity contribution in [2.75, 3.05) is 25.5 Å². The van der Waals surface area contributed by atoms with Crippen LogP contribution in [-0.4, -0.2) is 53.7 Å². The first-order chi connectivity index (χ1) is 16.8. The molecule has 3 aromatic rings. The number of anilines is 2. The Hall–Kier alpha value is -3.69. The molecule has 2 aliphatic rings. The first-order valence-corrected chi connectivity index (χ1v) is 12.6. The molecule has 12 heteroatoms. The van der Waals surface area contributed by atoms with Crippen molar-refractivity contribution in [2.45, 2.75) is 37.6 Å². The van der Waals surface area contributed by atoms with Gasteiger partial charge in [0, 0.05) is 38.4 Å². The molecule has 0 atom stereocenters. The maximum absolute atomic E-state index is 12.7. The van der Waals surface area contributed by atoms with Crippen molar-refractivity contribution < 1.29 is 17.9 Å². The van der Waals surface area contributed by atoms with E-state index in [-0.39, 0.29) is 21.4 Å². The number of ether oxygens (including phenoxy) is 1. The second-order valence-electron chi connectivity index (χ2n) is 8.35. The van der Waals surface area contributed by atoms with Gasteiger partial charge in [-0.05, 0) is 49.4 Å². The highest BCUT2D eigenvalue weighted by molar-refractivity contribution is 7.89. The zero-order valence-corrected chi connectivity index (χ0v) is 20.3. The number of esters is 1. The Kier molecular flexibility index (Phi) is 6.90. The van der Waals surface area contributed by atoms with E-state index >= 15 is 0 Å². The van der Waals surface area contributed by atoms with E-state index in [0.29, 0.717) is 42.6 Å². The van der Waals surface area contributed by atoms with Crippen molar-refractivity contribution in [2.24, 2.45) is 5.92 Å². The van der Waals surface area contributed by atoms with Gasteiger partial charge in [-0.25, -0.2) is 13.2 Å². The quantitative estimate of drug-likeness (QED) is 0.472. The van der Waals surface area contributed by atoms with Gasteiger partial charge in [0.25, 0.3) is 5.56 Å². The minimum atomic E-state index is -3.47. The third-order valence-corrected chi connectivity index (χ3v) is 7.80. The summed E-state index contributed by atoms with van der Waals surface area (Å²) in [6.07, 6.45) is 4.37. The molecule has 5 rings (SSSR count). The van der Waals surface area contributed by atoms with Crippen molar-refractivity contribution in [3.8, 4) is 6.07 Å². The molecule has 1 aliphatic carbocycles. The second-order valence-corrected chi connectivity index (χ2v) is 10.3. The molecule has 0 amide bonds. The number of hydrogen-bond acceptors (Lipinski definition) is 8. The number of H-pyrrole nitrogens is 1. The molecule has 3 heterocycles. The molecule has 11 nitrogen and oxygen atoms in total. The summed E-state index contributed by atoms with van der Waals surface area (Å²) >= 11 is 0. The maximum Gasteiger partial charge on any atom is 0.341 e. The Balaban J connectivity index is 0.000000917. The van der Waals surface area contributed by atoms with E-state index in [1.807, 2.05) is 0 Å². The van der Waals surface area contributed by atoms with E-state index in [1.165, 1.54) is 36.7 Å². The first kappa shape index (κ1) is 24.4. The molecule has 2 aromatic heterocycles. The first-order valence-electron chi connectivity index (χ1n) is 11.2. The number of benzene rings is 1. The number of carbonyl (C=O) groups is 1. The summed E-state index contributed by atoms with van der Waals surface area (Å²) < 4.78 is 33.1. The Morgan fingerprint density at radius 3 is 2.49 bits per heavy atom. The molecule has 2 N–H and O–H groups in total. The van der Waals surface area contributed by atoms with Gasteiger partial charge >= 0.3 is 5.97 Å². The number of nitrogens with zero attached hydrogens (tertiary/aromatic N) is 4. The van der Waals surface area contributed by atoms with Gasteiger partial charge in [-0.2, -0.15) is 14.7 Å². The van der Waals surface area contributed by atoms with E-state index in [4.69, 9.17) is 10.00 Å². The lowest BCUT2D eigenvalue weighted by molar-refractivity contribution is 0.0602. The highest BCUT2D eigenvalue weighted by Gasteiger charge is 2.30. The van der Waals surface area contributed by atoms with Crippen molar-refractivity contribution in [3.63, 3.8) is 0 Å². The summed E-state index contributed by atoms with van der Waals surface area (Å²) in [6, 6.07) is 8.08. The number of fused-ring (bicyclic) bond motifs is 1. The number of nitriles is 1. The fraction of sp³-hybridized carbons (Fsp3) is 0.391. The zero-order chi connectivity index (χ0) is 25.2. The predicted molar refractivity (Wildman–Crippen MR) is 129 cm³/mol. The van der Waals surface area contributed by atoms with E-state index in [9.17, 15) is 18.0 Å². The number of pyridine rings is 1. The van der Waals surface area contributed by atoms with E-state index in [2.05, 4.69) is 15.4 Å². The van der Waals surface area contributed by atoms with Crippen LogP contribution in [0.5, 0.6) is 0 Å². The fourth-order valence-corrected chi connectivity index (χ4v) is 5.30. The van der Waals surface area contributed by atoms with Gasteiger partial charge in [-0.1, -0.05) is 0 Å². The topological polar surface area (TPSA) is 150 Å². The van der Waals surface area contributed by atoms with Crippen molar-refractivity contribution >= 4 is 38.4 Å². The highest BCUT2D eigenvalue weighted by Crippen LogP contribution is 2.34. The molecular weight excluding hydrogens is 472 g/mol. The Labute approximate surface area is 202 Å². The minimum absolute atomic E-state index is 0.220. The minimum Gasteiger partial charge on any atom is -0.465 e. The normalized spacial score (nSPS) is 15.5. The molecule has 0 radical (unpaired) electrons. The summed E-state index contributed by atoms with van der Waals surface area (Å²) in [5, 5.41) is 15.3. The van der Waals surface area contributed by atoms with Crippen molar-refractivity contribution in [1.29, 1.82) is 5.26 Å². The summed E-state index contributed by atoms with van der Waals surface area (Å²) in [5.41, 5.74) is 0.855. The van der Waals surface area contributed by atoms with Crippen molar-refractivity contribution in [1.82, 2.24) is 19.1 Å². The molecular formula is C23H26N6O5S. The lowest BCUT2D eigenvalue weighted by Crippen LogP contribution is -2.41. The van der Waals surface area contributed by atoms with E-state index in [0.717, 1.165) is 19.3 Å². The third-order valence-electron chi connectivity index (χ3n) is 5.89. The molecule has 35 heavy (non-hydrogen) atoms. The standard InChI is InChI=1S/C21H23N5O5S.C2H3N/c1-31-21(28)16-11-22-20(27)17-18(16)26(12-13-3-4-13)24-19(17)23-14-5-7-15(8-6-14)32(29,30)25-9-2-10-25;1-2-3/h5-8,11,13H,2-4,9-10,12H2,1H3,(H,22,27)(H,23,24);1H3. The monoisotopic (exact) mass is 498 g/mol. The van der Waals surface area contributed by atoms with Crippen LogP contribution in [0.1, 0.15) is 36.5 Å². The van der Waals surface area contributed by atoms with Crippen LogP contribution in [-0.2, 0) is 21.3 Å². The number of methoxy groups -OCH3 is 1. The van der Waals surface area contributed by atoms with Gasteiger partial charge in [0.1, 0.15) is 10.9 Å². The van der Waals surface area contributed by atoms with E-state index < -0.39 is 16.0 Å². The van der Waals surface area contributed by atoms with Gasteiger partial charge < -0.3 is 15.0 Å².